The molecule has 16 heavy (non-hydrogen) atoms. The number of rotatable bonds is 5. The third-order valence-electron chi connectivity index (χ3n) is 2.05. The van der Waals surface area contributed by atoms with Crippen molar-refractivity contribution in [1.29, 1.82) is 0 Å². The van der Waals surface area contributed by atoms with Gasteiger partial charge in [-0.25, -0.2) is 0 Å². The van der Waals surface area contributed by atoms with Crippen LogP contribution < -0.4 is 4.74 Å². The number of allylic oxidation sites excluding steroid dienone is 1. The summed E-state index contributed by atoms with van der Waals surface area (Å²) in [5.41, 5.74) is 2.20. The zero-order valence-electron chi connectivity index (χ0n) is 9.59. The number of hydrogen-bond acceptors (Lipinski definition) is 1. The van der Waals surface area contributed by atoms with Crippen LogP contribution in [0.1, 0.15) is 25.8 Å². The van der Waals surface area contributed by atoms with Gasteiger partial charge in [-0.1, -0.05) is 34.5 Å². The number of alkyl halides is 1. The number of benzene rings is 1. The van der Waals surface area contributed by atoms with Crippen LogP contribution in [0.25, 0.3) is 6.08 Å². The fraction of sp³-hybridized carbons (Fsp3) is 0.385. The number of halogens is 2. The maximum atomic E-state index is 5.78. The van der Waals surface area contributed by atoms with Gasteiger partial charge in [-0.05, 0) is 31.5 Å². The lowest BCUT2D eigenvalue weighted by molar-refractivity contribution is 0.316. The molecule has 0 N–H and O–H groups in total. The topological polar surface area (TPSA) is 9.23 Å². The predicted molar refractivity (Wildman–Crippen MR) is 74.3 cm³/mol. The minimum absolute atomic E-state index is 0.541. The zero-order valence-corrected chi connectivity index (χ0v) is 11.9. The summed E-state index contributed by atoms with van der Waals surface area (Å²) < 4.78 is 6.72. The van der Waals surface area contributed by atoms with Gasteiger partial charge in [0.1, 0.15) is 5.75 Å². The lowest BCUT2D eigenvalue weighted by Crippen LogP contribution is -1.97. The molecule has 0 saturated heterocycles. The van der Waals surface area contributed by atoms with Gasteiger partial charge in [-0.2, -0.15) is 0 Å². The molecule has 0 radical (unpaired) electrons. The Balaban J connectivity index is 2.98. The molecule has 3 heteroatoms. The maximum Gasteiger partial charge on any atom is 0.126 e. The summed E-state index contributed by atoms with van der Waals surface area (Å²) in [4.78, 5) is 0. The monoisotopic (exact) mass is 302 g/mol. The van der Waals surface area contributed by atoms with Crippen LogP contribution in [-0.2, 0) is 0 Å². The smallest absolute Gasteiger partial charge is 0.126 e. The van der Waals surface area contributed by atoms with E-state index in [0.29, 0.717) is 5.88 Å². The van der Waals surface area contributed by atoms with E-state index in [1.165, 1.54) is 0 Å². The molecule has 0 unspecified atom stereocenters. The van der Waals surface area contributed by atoms with Crippen molar-refractivity contribution in [3.8, 4) is 5.75 Å². The van der Waals surface area contributed by atoms with Crippen molar-refractivity contribution >= 4 is 33.6 Å². The van der Waals surface area contributed by atoms with Gasteiger partial charge in [0.05, 0.1) is 6.61 Å². The molecular formula is C13H16BrClO. The SMILES string of the molecule is CCCOc1ccc(Br)cc1C=C(C)CCl. The molecule has 0 aliphatic carbocycles. The van der Waals surface area contributed by atoms with E-state index in [1.807, 2.05) is 25.1 Å². The average Bonchev–Trinajstić information content (AvgIpc) is 2.28. The highest BCUT2D eigenvalue weighted by atomic mass is 79.9. The first-order valence-electron chi connectivity index (χ1n) is 5.33. The van der Waals surface area contributed by atoms with Crippen LogP contribution >= 0.6 is 27.5 Å². The van der Waals surface area contributed by atoms with Gasteiger partial charge in [0.15, 0.2) is 0 Å². The Morgan fingerprint density at radius 3 is 2.88 bits per heavy atom. The van der Waals surface area contributed by atoms with Crippen LogP contribution in [-0.4, -0.2) is 12.5 Å². The summed E-state index contributed by atoms with van der Waals surface area (Å²) in [6, 6.07) is 6.01. The highest BCUT2D eigenvalue weighted by Crippen LogP contribution is 2.25. The second-order valence-corrected chi connectivity index (χ2v) is 4.84. The largest absolute Gasteiger partial charge is 0.493 e. The molecule has 0 aliphatic rings. The summed E-state index contributed by atoms with van der Waals surface area (Å²) in [7, 11) is 0. The maximum absolute atomic E-state index is 5.78. The predicted octanol–water partition coefficient (Wildman–Crippen LogP) is 4.88. The van der Waals surface area contributed by atoms with Crippen LogP contribution in [0.2, 0.25) is 0 Å². The van der Waals surface area contributed by atoms with Crippen LogP contribution in [0.15, 0.2) is 28.2 Å². The van der Waals surface area contributed by atoms with Crippen LogP contribution in [0.4, 0.5) is 0 Å². The quantitative estimate of drug-likeness (QED) is 0.704. The van der Waals surface area contributed by atoms with E-state index >= 15 is 0 Å². The molecule has 0 heterocycles. The summed E-state index contributed by atoms with van der Waals surface area (Å²) in [6.45, 7) is 4.85. The third-order valence-corrected chi connectivity index (χ3v) is 2.96. The van der Waals surface area contributed by atoms with E-state index in [9.17, 15) is 0 Å². The number of ether oxygens (including phenoxy) is 1. The molecule has 0 bridgehead atoms. The Morgan fingerprint density at radius 1 is 1.50 bits per heavy atom. The van der Waals surface area contributed by atoms with Gasteiger partial charge < -0.3 is 4.74 Å². The minimum Gasteiger partial charge on any atom is -0.493 e. The van der Waals surface area contributed by atoms with Crippen LogP contribution in [0.3, 0.4) is 0 Å². The summed E-state index contributed by atoms with van der Waals surface area (Å²) >= 11 is 9.24. The first-order valence-corrected chi connectivity index (χ1v) is 6.65. The molecular weight excluding hydrogens is 287 g/mol. The molecule has 1 nitrogen and oxygen atoms in total. The van der Waals surface area contributed by atoms with Gasteiger partial charge in [0.25, 0.3) is 0 Å². The van der Waals surface area contributed by atoms with Gasteiger partial charge in [0, 0.05) is 15.9 Å². The molecule has 88 valence electrons. The van der Waals surface area contributed by atoms with E-state index in [-0.39, 0.29) is 0 Å². The van der Waals surface area contributed by atoms with E-state index < -0.39 is 0 Å². The second-order valence-electron chi connectivity index (χ2n) is 3.65. The van der Waals surface area contributed by atoms with Crippen molar-refractivity contribution in [3.05, 3.63) is 33.8 Å². The Labute approximate surface area is 111 Å². The molecule has 1 aromatic rings. The molecule has 0 spiro atoms. The Bertz CT molecular complexity index is 374. The van der Waals surface area contributed by atoms with Gasteiger partial charge in [0.2, 0.25) is 0 Å². The van der Waals surface area contributed by atoms with Crippen LogP contribution in [0, 0.1) is 0 Å². The van der Waals surface area contributed by atoms with Gasteiger partial charge >= 0.3 is 0 Å². The molecule has 0 aliphatic heterocycles. The Morgan fingerprint density at radius 2 is 2.25 bits per heavy atom. The standard InChI is InChI=1S/C13H16BrClO/c1-3-6-16-13-5-4-12(14)8-11(13)7-10(2)9-15/h4-5,7-8H,3,6,9H2,1-2H3. The molecule has 0 aromatic heterocycles. The van der Waals surface area contributed by atoms with Crippen molar-refractivity contribution in [1.82, 2.24) is 0 Å². The highest BCUT2D eigenvalue weighted by Gasteiger charge is 2.02. The first-order chi connectivity index (χ1) is 7.67. The lowest BCUT2D eigenvalue weighted by Gasteiger charge is -2.09. The second kappa shape index (κ2) is 6.97. The van der Waals surface area contributed by atoms with Gasteiger partial charge in [-0.15, -0.1) is 11.6 Å². The van der Waals surface area contributed by atoms with E-state index in [4.69, 9.17) is 16.3 Å². The molecule has 0 fully saturated rings. The van der Waals surface area contributed by atoms with Crippen molar-refractivity contribution in [2.45, 2.75) is 20.3 Å². The number of hydrogen-bond donors (Lipinski definition) is 0. The zero-order chi connectivity index (χ0) is 12.0. The minimum atomic E-state index is 0.541. The normalized spacial score (nSPS) is 11.6. The molecule has 1 rings (SSSR count). The third kappa shape index (κ3) is 4.18. The Kier molecular flexibility index (Phi) is 5.93. The fourth-order valence-electron chi connectivity index (χ4n) is 1.28. The van der Waals surface area contributed by atoms with E-state index in [1.54, 1.807) is 0 Å². The van der Waals surface area contributed by atoms with Crippen molar-refractivity contribution < 1.29 is 4.74 Å². The van der Waals surface area contributed by atoms with E-state index in [2.05, 4.69) is 28.9 Å². The molecule has 0 saturated carbocycles. The van der Waals surface area contributed by atoms with Crippen LogP contribution in [0.5, 0.6) is 5.75 Å². The molecule has 0 amide bonds. The van der Waals surface area contributed by atoms with E-state index in [0.717, 1.165) is 34.4 Å². The first kappa shape index (κ1) is 13.6. The highest BCUT2D eigenvalue weighted by molar-refractivity contribution is 9.10. The summed E-state index contributed by atoms with van der Waals surface area (Å²) in [5.74, 6) is 1.45. The summed E-state index contributed by atoms with van der Waals surface area (Å²) in [6.07, 6.45) is 3.07. The van der Waals surface area contributed by atoms with Crippen molar-refractivity contribution in [3.63, 3.8) is 0 Å². The Hall–Kier alpha value is -0.470. The fourth-order valence-corrected chi connectivity index (χ4v) is 1.74. The summed E-state index contributed by atoms with van der Waals surface area (Å²) in [5, 5.41) is 0. The lowest BCUT2D eigenvalue weighted by atomic mass is 10.1. The van der Waals surface area contributed by atoms with Gasteiger partial charge in [-0.3, -0.25) is 0 Å². The average molecular weight is 304 g/mol. The molecule has 0 atom stereocenters. The molecule has 1 aromatic carbocycles. The van der Waals surface area contributed by atoms with Crippen molar-refractivity contribution in [2.75, 3.05) is 12.5 Å². The van der Waals surface area contributed by atoms with Crippen molar-refractivity contribution in [2.24, 2.45) is 0 Å².